The number of nitrogens with zero attached hydrogens (tertiary/aromatic N) is 2. The molecule has 35 heavy (non-hydrogen) atoms. The molecule has 0 heterocycles. The summed E-state index contributed by atoms with van der Waals surface area (Å²) in [4.78, 5) is 38.5. The highest BCUT2D eigenvalue weighted by Gasteiger charge is 2.32. The van der Waals surface area contributed by atoms with E-state index in [1.165, 1.54) is 7.05 Å². The van der Waals surface area contributed by atoms with Crippen LogP contribution in [0, 0.1) is 11.3 Å². The molecule has 0 aliphatic heterocycles. The molecule has 0 saturated carbocycles. The van der Waals surface area contributed by atoms with E-state index in [-0.39, 0.29) is 25.4 Å². The minimum Gasteiger partial charge on any atom is -0.480 e. The molecular weight excluding hydrogens is 446 g/mol. The van der Waals surface area contributed by atoms with Crippen LogP contribution < -0.4 is 5.32 Å². The third-order valence-electron chi connectivity index (χ3n) is 6.45. The number of amides is 2. The largest absolute Gasteiger partial charge is 0.480 e. The smallest absolute Gasteiger partial charge is 0.407 e. The second-order valence-electron chi connectivity index (χ2n) is 8.64. The van der Waals surface area contributed by atoms with E-state index in [9.17, 15) is 19.5 Å². The van der Waals surface area contributed by atoms with Gasteiger partial charge in [0.05, 0.1) is 6.07 Å². The van der Waals surface area contributed by atoms with Gasteiger partial charge in [-0.3, -0.25) is 4.79 Å². The van der Waals surface area contributed by atoms with E-state index in [1.807, 2.05) is 48.5 Å². The van der Waals surface area contributed by atoms with Gasteiger partial charge in [-0.1, -0.05) is 55.5 Å². The van der Waals surface area contributed by atoms with Crippen LogP contribution in [0.15, 0.2) is 48.5 Å². The third-order valence-corrected chi connectivity index (χ3v) is 6.45. The molecule has 0 radical (unpaired) electrons. The Bertz CT molecular complexity index is 1060. The SMILES string of the molecule is CCC(C(=O)O)N(C)C(=O)C(CCCCC#N)NC(=O)OCC1c2ccccc2-c2ccccc21. The van der Waals surface area contributed by atoms with Crippen LogP contribution in [0.1, 0.15) is 56.1 Å². The first kappa shape index (κ1) is 25.8. The van der Waals surface area contributed by atoms with Gasteiger partial charge < -0.3 is 20.1 Å². The van der Waals surface area contributed by atoms with Crippen LogP contribution in [-0.4, -0.2) is 53.7 Å². The van der Waals surface area contributed by atoms with Crippen molar-refractivity contribution in [3.8, 4) is 17.2 Å². The minimum atomic E-state index is -1.10. The van der Waals surface area contributed by atoms with E-state index in [0.29, 0.717) is 19.3 Å². The third kappa shape index (κ3) is 5.99. The zero-order chi connectivity index (χ0) is 25.4. The summed E-state index contributed by atoms with van der Waals surface area (Å²) in [6, 6.07) is 16.1. The fourth-order valence-corrected chi connectivity index (χ4v) is 4.61. The molecule has 2 aromatic rings. The van der Waals surface area contributed by atoms with Gasteiger partial charge >= 0.3 is 12.1 Å². The number of benzene rings is 2. The summed E-state index contributed by atoms with van der Waals surface area (Å²) in [6.45, 7) is 1.79. The van der Waals surface area contributed by atoms with Crippen molar-refractivity contribution in [2.75, 3.05) is 13.7 Å². The molecule has 1 aliphatic carbocycles. The van der Waals surface area contributed by atoms with E-state index in [2.05, 4.69) is 11.4 Å². The number of carboxylic acids is 1. The van der Waals surface area contributed by atoms with Gasteiger partial charge in [0.25, 0.3) is 0 Å². The van der Waals surface area contributed by atoms with E-state index in [1.54, 1.807) is 6.92 Å². The number of likely N-dealkylation sites (N-methyl/N-ethyl adjacent to an activating group) is 1. The van der Waals surface area contributed by atoms with Crippen molar-refractivity contribution in [2.24, 2.45) is 0 Å². The number of alkyl carbamates (subject to hydrolysis) is 1. The Hall–Kier alpha value is -3.86. The summed E-state index contributed by atoms with van der Waals surface area (Å²) >= 11 is 0. The molecule has 184 valence electrons. The van der Waals surface area contributed by atoms with Crippen LogP contribution in [0.3, 0.4) is 0 Å². The molecule has 1 aliphatic rings. The van der Waals surface area contributed by atoms with Crippen molar-refractivity contribution >= 4 is 18.0 Å². The summed E-state index contributed by atoms with van der Waals surface area (Å²) in [6.07, 6.45) is 1.24. The Kier molecular flexibility index (Phi) is 8.85. The van der Waals surface area contributed by atoms with Crippen LogP contribution in [0.25, 0.3) is 11.1 Å². The molecular formula is C27H31N3O5. The van der Waals surface area contributed by atoms with Crippen molar-refractivity contribution in [1.82, 2.24) is 10.2 Å². The number of nitrogens with one attached hydrogen (secondary N) is 1. The summed E-state index contributed by atoms with van der Waals surface area (Å²) < 4.78 is 5.57. The quantitative estimate of drug-likeness (QED) is 0.466. The molecule has 8 heteroatoms. The molecule has 0 spiro atoms. The molecule has 2 aromatic carbocycles. The Morgan fingerprint density at radius 3 is 2.23 bits per heavy atom. The summed E-state index contributed by atoms with van der Waals surface area (Å²) in [5, 5.41) is 20.8. The number of carbonyl (C=O) groups is 3. The Balaban J connectivity index is 1.69. The number of aliphatic carboxylic acids is 1. The molecule has 0 aromatic heterocycles. The first-order valence-electron chi connectivity index (χ1n) is 11.9. The lowest BCUT2D eigenvalue weighted by atomic mass is 9.98. The highest BCUT2D eigenvalue weighted by atomic mass is 16.5. The van der Waals surface area contributed by atoms with Crippen LogP contribution in [-0.2, 0) is 14.3 Å². The van der Waals surface area contributed by atoms with Crippen LogP contribution in [0.5, 0.6) is 0 Å². The topological polar surface area (TPSA) is 120 Å². The van der Waals surface area contributed by atoms with Crippen LogP contribution >= 0.6 is 0 Å². The maximum atomic E-state index is 13.1. The van der Waals surface area contributed by atoms with Crippen molar-refractivity contribution in [2.45, 2.75) is 57.0 Å². The summed E-state index contributed by atoms with van der Waals surface area (Å²) in [5.74, 6) is -1.71. The lowest BCUT2D eigenvalue weighted by Gasteiger charge is -2.28. The zero-order valence-corrected chi connectivity index (χ0v) is 20.1. The van der Waals surface area contributed by atoms with E-state index >= 15 is 0 Å². The second-order valence-corrected chi connectivity index (χ2v) is 8.64. The second kappa shape index (κ2) is 12.0. The average Bonchev–Trinajstić information content (AvgIpc) is 3.18. The fraction of sp³-hybridized carbons (Fsp3) is 0.407. The lowest BCUT2D eigenvalue weighted by Crippen LogP contribution is -2.52. The van der Waals surface area contributed by atoms with Gasteiger partial charge in [0.2, 0.25) is 5.91 Å². The maximum Gasteiger partial charge on any atom is 0.407 e. The van der Waals surface area contributed by atoms with Crippen molar-refractivity contribution in [1.29, 1.82) is 5.26 Å². The highest BCUT2D eigenvalue weighted by molar-refractivity contribution is 5.89. The Morgan fingerprint density at radius 2 is 1.69 bits per heavy atom. The number of rotatable bonds is 11. The van der Waals surface area contributed by atoms with E-state index < -0.39 is 30.1 Å². The van der Waals surface area contributed by atoms with Crippen molar-refractivity contribution < 1.29 is 24.2 Å². The zero-order valence-electron chi connectivity index (χ0n) is 20.1. The molecule has 2 amide bonds. The van der Waals surface area contributed by atoms with Gasteiger partial charge in [0, 0.05) is 19.4 Å². The summed E-state index contributed by atoms with van der Waals surface area (Å²) in [5.41, 5.74) is 4.39. The van der Waals surface area contributed by atoms with Gasteiger partial charge in [0.15, 0.2) is 0 Å². The summed E-state index contributed by atoms with van der Waals surface area (Å²) in [7, 11) is 1.42. The maximum absolute atomic E-state index is 13.1. The normalized spacial score (nSPS) is 13.6. The number of nitriles is 1. The Morgan fingerprint density at radius 1 is 1.09 bits per heavy atom. The lowest BCUT2D eigenvalue weighted by molar-refractivity contribution is -0.150. The molecule has 2 N–H and O–H groups in total. The number of ether oxygens (including phenoxy) is 1. The first-order chi connectivity index (χ1) is 16.9. The van der Waals surface area contributed by atoms with E-state index in [0.717, 1.165) is 27.2 Å². The molecule has 2 unspecified atom stereocenters. The molecule has 0 bridgehead atoms. The minimum absolute atomic E-state index is 0.109. The molecule has 0 fully saturated rings. The van der Waals surface area contributed by atoms with Crippen LogP contribution in [0.2, 0.25) is 0 Å². The van der Waals surface area contributed by atoms with Gasteiger partial charge in [-0.25, -0.2) is 9.59 Å². The van der Waals surface area contributed by atoms with Crippen molar-refractivity contribution in [3.63, 3.8) is 0 Å². The van der Waals surface area contributed by atoms with Gasteiger partial charge in [0.1, 0.15) is 18.7 Å². The Labute approximate surface area is 205 Å². The number of carboxylic acid groups (broad SMARTS) is 1. The predicted molar refractivity (Wildman–Crippen MR) is 131 cm³/mol. The molecule has 2 atom stereocenters. The first-order valence-corrected chi connectivity index (χ1v) is 11.9. The number of hydrogen-bond donors (Lipinski definition) is 2. The average molecular weight is 478 g/mol. The highest BCUT2D eigenvalue weighted by Crippen LogP contribution is 2.44. The van der Waals surface area contributed by atoms with Crippen LogP contribution in [0.4, 0.5) is 4.79 Å². The van der Waals surface area contributed by atoms with Gasteiger partial charge in [-0.2, -0.15) is 5.26 Å². The molecule has 0 saturated heterocycles. The van der Waals surface area contributed by atoms with Crippen molar-refractivity contribution in [3.05, 3.63) is 59.7 Å². The van der Waals surface area contributed by atoms with E-state index in [4.69, 9.17) is 10.00 Å². The number of fused-ring (bicyclic) bond motifs is 3. The number of hydrogen-bond acceptors (Lipinski definition) is 5. The fourth-order valence-electron chi connectivity index (χ4n) is 4.61. The number of unbranched alkanes of at least 4 members (excludes halogenated alkanes) is 2. The van der Waals surface area contributed by atoms with Gasteiger partial charge in [-0.05, 0) is 47.9 Å². The molecule has 8 nitrogen and oxygen atoms in total. The monoisotopic (exact) mass is 477 g/mol. The predicted octanol–water partition coefficient (Wildman–Crippen LogP) is 4.30. The molecule has 3 rings (SSSR count). The van der Waals surface area contributed by atoms with Gasteiger partial charge in [-0.15, -0.1) is 0 Å². The number of carbonyl (C=O) groups excluding carboxylic acids is 2. The standard InChI is InChI=1S/C27H31N3O5/c1-3-24(26(32)33)30(2)25(31)23(15-5-4-10-16-28)29-27(34)35-17-22-20-13-8-6-11-18(20)19-12-7-9-14-21(19)22/h6-9,11-14,22-24H,3-5,10,15,17H2,1-2H3,(H,29,34)(H,32,33).